The van der Waals surface area contributed by atoms with Crippen LogP contribution in [0.25, 0.3) is 0 Å². The van der Waals surface area contributed by atoms with Gasteiger partial charge < -0.3 is 10.2 Å². The Hall–Kier alpha value is -2.32. The molecule has 1 saturated carbocycles. The third-order valence-electron chi connectivity index (χ3n) is 5.50. The van der Waals surface area contributed by atoms with Crippen LogP contribution in [0.2, 0.25) is 0 Å². The first-order valence-electron chi connectivity index (χ1n) is 9.94. The van der Waals surface area contributed by atoms with Gasteiger partial charge in [0.1, 0.15) is 5.82 Å². The van der Waals surface area contributed by atoms with Gasteiger partial charge in [-0.25, -0.2) is 9.18 Å². The number of hydrogen-bond acceptors (Lipinski definition) is 2. The zero-order chi connectivity index (χ0) is 18.6. The summed E-state index contributed by atoms with van der Waals surface area (Å²) in [4.78, 5) is 17.3. The van der Waals surface area contributed by atoms with Gasteiger partial charge in [0.25, 0.3) is 0 Å². The number of likely N-dealkylation sites (tertiary alicyclic amines) is 1. The zero-order valence-electron chi connectivity index (χ0n) is 15.6. The van der Waals surface area contributed by atoms with Crippen molar-refractivity contribution in [3.8, 4) is 11.8 Å². The monoisotopic (exact) mass is 367 g/mol. The largest absolute Gasteiger partial charge is 0.322 e. The SMILES string of the molecule is O=C(Nc1cccc(F)c1)N(C1CC1)C1CCN(CC2=CCCC#C2)CC1. The van der Waals surface area contributed by atoms with Gasteiger partial charge in [-0.1, -0.05) is 24.0 Å². The second-order valence-electron chi connectivity index (χ2n) is 7.66. The van der Waals surface area contributed by atoms with E-state index in [1.807, 2.05) is 4.90 Å². The van der Waals surface area contributed by atoms with Crippen molar-refractivity contribution in [1.29, 1.82) is 0 Å². The van der Waals surface area contributed by atoms with Crippen molar-refractivity contribution < 1.29 is 9.18 Å². The minimum atomic E-state index is -0.334. The second kappa shape index (κ2) is 8.14. The molecule has 0 bridgehead atoms. The molecular weight excluding hydrogens is 341 g/mol. The highest BCUT2D eigenvalue weighted by molar-refractivity contribution is 5.90. The molecule has 3 aliphatic rings. The van der Waals surface area contributed by atoms with Crippen molar-refractivity contribution in [2.75, 3.05) is 25.0 Å². The molecule has 2 aliphatic carbocycles. The van der Waals surface area contributed by atoms with E-state index in [0.717, 1.165) is 58.2 Å². The molecule has 0 radical (unpaired) electrons. The van der Waals surface area contributed by atoms with E-state index >= 15 is 0 Å². The van der Waals surface area contributed by atoms with E-state index in [0.29, 0.717) is 11.7 Å². The summed E-state index contributed by atoms with van der Waals surface area (Å²) in [7, 11) is 0. The number of halogens is 1. The van der Waals surface area contributed by atoms with E-state index in [1.54, 1.807) is 12.1 Å². The van der Waals surface area contributed by atoms with Crippen molar-refractivity contribution in [2.45, 2.75) is 50.6 Å². The highest BCUT2D eigenvalue weighted by atomic mass is 19.1. The number of benzene rings is 1. The number of piperidine rings is 1. The maximum atomic E-state index is 13.4. The summed E-state index contributed by atoms with van der Waals surface area (Å²) in [6.07, 6.45) is 8.39. The molecule has 0 spiro atoms. The van der Waals surface area contributed by atoms with Crippen molar-refractivity contribution in [3.63, 3.8) is 0 Å². The van der Waals surface area contributed by atoms with Crippen molar-refractivity contribution in [1.82, 2.24) is 9.80 Å². The Balaban J connectivity index is 1.34. The molecule has 0 aromatic heterocycles. The predicted octanol–water partition coefficient (Wildman–Crippen LogP) is 4.01. The fourth-order valence-electron chi connectivity index (χ4n) is 3.98. The number of nitrogens with zero attached hydrogens (tertiary/aromatic N) is 2. The molecule has 1 aromatic carbocycles. The van der Waals surface area contributed by atoms with E-state index < -0.39 is 0 Å². The van der Waals surface area contributed by atoms with Crippen LogP contribution in [0, 0.1) is 17.7 Å². The van der Waals surface area contributed by atoms with E-state index in [-0.39, 0.29) is 17.9 Å². The van der Waals surface area contributed by atoms with E-state index in [4.69, 9.17) is 0 Å². The smallest absolute Gasteiger partial charge is 0.318 e. The average Bonchev–Trinajstić information content (AvgIpc) is 3.49. The molecule has 5 heteroatoms. The molecule has 1 aliphatic heterocycles. The molecule has 1 saturated heterocycles. The summed E-state index contributed by atoms with van der Waals surface area (Å²) >= 11 is 0. The number of urea groups is 1. The van der Waals surface area contributed by atoms with Gasteiger partial charge in [-0.05, 0) is 50.3 Å². The van der Waals surface area contributed by atoms with Crippen LogP contribution in [0.15, 0.2) is 35.9 Å². The van der Waals surface area contributed by atoms with Gasteiger partial charge in [-0.3, -0.25) is 4.90 Å². The van der Waals surface area contributed by atoms with Gasteiger partial charge in [-0.15, -0.1) is 0 Å². The topological polar surface area (TPSA) is 35.6 Å². The molecule has 142 valence electrons. The fraction of sp³-hybridized carbons (Fsp3) is 0.500. The summed E-state index contributed by atoms with van der Waals surface area (Å²) in [6.45, 7) is 2.90. The van der Waals surface area contributed by atoms with Gasteiger partial charge in [0.15, 0.2) is 0 Å². The Morgan fingerprint density at radius 1 is 1.22 bits per heavy atom. The minimum Gasteiger partial charge on any atom is -0.318 e. The van der Waals surface area contributed by atoms with Crippen molar-refractivity contribution >= 4 is 11.7 Å². The summed E-state index contributed by atoms with van der Waals surface area (Å²) in [5.41, 5.74) is 1.76. The number of amides is 2. The lowest BCUT2D eigenvalue weighted by molar-refractivity contribution is 0.128. The van der Waals surface area contributed by atoms with Gasteiger partial charge in [0.2, 0.25) is 0 Å². The third-order valence-corrected chi connectivity index (χ3v) is 5.50. The molecule has 2 amide bonds. The number of rotatable bonds is 5. The molecular formula is C22H26FN3O. The lowest BCUT2D eigenvalue weighted by atomic mass is 10.0. The normalized spacial score (nSPS) is 20.4. The van der Waals surface area contributed by atoms with Crippen LogP contribution < -0.4 is 5.32 Å². The fourth-order valence-corrected chi connectivity index (χ4v) is 3.98. The highest BCUT2D eigenvalue weighted by Gasteiger charge is 2.38. The summed E-state index contributed by atoms with van der Waals surface area (Å²) < 4.78 is 13.4. The van der Waals surface area contributed by atoms with E-state index in [2.05, 4.69) is 28.1 Å². The molecule has 4 nitrogen and oxygen atoms in total. The summed E-state index contributed by atoms with van der Waals surface area (Å²) in [6, 6.07) is 6.60. The Morgan fingerprint density at radius 2 is 2.00 bits per heavy atom. The third kappa shape index (κ3) is 4.70. The summed E-state index contributed by atoms with van der Waals surface area (Å²) in [5, 5.41) is 2.88. The number of carbonyl (C=O) groups is 1. The predicted molar refractivity (Wildman–Crippen MR) is 105 cm³/mol. The van der Waals surface area contributed by atoms with E-state index in [1.165, 1.54) is 17.7 Å². The molecule has 1 N–H and O–H groups in total. The Bertz CT molecular complexity index is 782. The maximum absolute atomic E-state index is 13.4. The van der Waals surface area contributed by atoms with Gasteiger partial charge in [0, 0.05) is 49.4 Å². The highest BCUT2D eigenvalue weighted by Crippen LogP contribution is 2.32. The van der Waals surface area contributed by atoms with Crippen molar-refractivity contribution in [2.24, 2.45) is 0 Å². The number of nitrogens with one attached hydrogen (secondary N) is 1. The first-order chi connectivity index (χ1) is 13.2. The molecule has 1 heterocycles. The van der Waals surface area contributed by atoms with Gasteiger partial charge >= 0.3 is 6.03 Å². The Morgan fingerprint density at radius 3 is 2.67 bits per heavy atom. The molecule has 2 fully saturated rings. The van der Waals surface area contributed by atoms with E-state index in [9.17, 15) is 9.18 Å². The molecule has 0 unspecified atom stereocenters. The standard InChI is InChI=1S/C22H26FN3O/c23-18-7-4-8-19(15-18)24-22(27)26(20-9-10-20)21-11-13-25(14-12-21)16-17-5-2-1-3-6-17/h4-5,7-8,15,20-21H,1-2,9-14,16H2,(H,24,27). The maximum Gasteiger partial charge on any atom is 0.322 e. The van der Waals surface area contributed by atoms with Crippen LogP contribution in [0.4, 0.5) is 14.9 Å². The minimum absolute atomic E-state index is 0.0950. The lowest BCUT2D eigenvalue weighted by Crippen LogP contribution is -2.50. The molecule has 27 heavy (non-hydrogen) atoms. The van der Waals surface area contributed by atoms with Crippen LogP contribution in [0.1, 0.15) is 38.5 Å². The zero-order valence-corrected chi connectivity index (χ0v) is 15.6. The second-order valence-corrected chi connectivity index (χ2v) is 7.66. The quantitative estimate of drug-likeness (QED) is 0.798. The van der Waals surface area contributed by atoms with Crippen LogP contribution in [0.3, 0.4) is 0 Å². The average molecular weight is 367 g/mol. The molecule has 0 atom stereocenters. The first kappa shape index (κ1) is 18.1. The molecule has 1 aromatic rings. The number of hydrogen-bond donors (Lipinski definition) is 1. The first-order valence-corrected chi connectivity index (χ1v) is 9.94. The number of allylic oxidation sites excluding steroid dienone is 1. The van der Waals surface area contributed by atoms with Gasteiger partial charge in [-0.2, -0.15) is 0 Å². The van der Waals surface area contributed by atoms with Gasteiger partial charge in [0.05, 0.1) is 0 Å². The van der Waals surface area contributed by atoms with Crippen molar-refractivity contribution in [3.05, 3.63) is 41.7 Å². The van der Waals surface area contributed by atoms with Crippen LogP contribution >= 0.6 is 0 Å². The van der Waals surface area contributed by atoms with Crippen LogP contribution in [-0.2, 0) is 0 Å². The van der Waals surface area contributed by atoms with Crippen LogP contribution in [0.5, 0.6) is 0 Å². The number of carbonyl (C=O) groups excluding carboxylic acids is 1. The summed E-state index contributed by atoms with van der Waals surface area (Å²) in [5.74, 6) is 6.09. The molecule has 4 rings (SSSR count). The van der Waals surface area contributed by atoms with Crippen LogP contribution in [-0.4, -0.2) is 47.5 Å². The number of anilines is 1. The Kier molecular flexibility index (Phi) is 5.45. The Labute approximate surface area is 160 Å². The lowest BCUT2D eigenvalue weighted by Gasteiger charge is -2.38.